The zero-order valence-corrected chi connectivity index (χ0v) is 18.3. The fraction of sp³-hybridized carbons (Fsp3) is 0.167. The summed E-state index contributed by atoms with van der Waals surface area (Å²) in [6, 6.07) is 20.3. The topological polar surface area (TPSA) is 49.2 Å². The fourth-order valence-electron chi connectivity index (χ4n) is 3.22. The summed E-state index contributed by atoms with van der Waals surface area (Å²) >= 11 is 1.55. The number of hydrogen-bond donors (Lipinski definition) is 0. The molecule has 0 spiro atoms. The maximum Gasteiger partial charge on any atom is 0.196 e. The maximum atomic E-state index is 13.2. The van der Waals surface area contributed by atoms with Gasteiger partial charge in [-0.25, -0.2) is 4.39 Å². The Bertz CT molecular complexity index is 1170. The first-order valence-corrected chi connectivity index (χ1v) is 10.7. The van der Waals surface area contributed by atoms with Crippen LogP contribution in [0, 0.1) is 12.7 Å². The van der Waals surface area contributed by atoms with Crippen LogP contribution < -0.4 is 9.47 Å². The third-order valence-electron chi connectivity index (χ3n) is 4.78. The number of rotatable bonds is 7. The molecular formula is C24H22FN3O2S. The van der Waals surface area contributed by atoms with E-state index in [-0.39, 0.29) is 5.82 Å². The van der Waals surface area contributed by atoms with Crippen LogP contribution in [0.15, 0.2) is 71.9 Å². The van der Waals surface area contributed by atoms with Crippen molar-refractivity contribution in [2.24, 2.45) is 0 Å². The van der Waals surface area contributed by atoms with Gasteiger partial charge >= 0.3 is 0 Å². The molecule has 0 aliphatic carbocycles. The van der Waals surface area contributed by atoms with Gasteiger partial charge in [0.1, 0.15) is 17.3 Å². The van der Waals surface area contributed by atoms with Crippen molar-refractivity contribution in [1.82, 2.24) is 14.8 Å². The van der Waals surface area contributed by atoms with Crippen LogP contribution in [0.5, 0.6) is 11.5 Å². The summed E-state index contributed by atoms with van der Waals surface area (Å²) in [7, 11) is 3.24. The van der Waals surface area contributed by atoms with E-state index in [0.29, 0.717) is 23.1 Å². The molecule has 0 atom stereocenters. The smallest absolute Gasteiger partial charge is 0.196 e. The van der Waals surface area contributed by atoms with Crippen molar-refractivity contribution in [1.29, 1.82) is 0 Å². The van der Waals surface area contributed by atoms with Crippen molar-refractivity contribution in [2.45, 2.75) is 17.8 Å². The number of thioether (sulfide) groups is 1. The van der Waals surface area contributed by atoms with Gasteiger partial charge in [-0.1, -0.05) is 36.0 Å². The highest BCUT2D eigenvalue weighted by Gasteiger charge is 2.18. The molecule has 0 saturated carbocycles. The van der Waals surface area contributed by atoms with Gasteiger partial charge in [-0.15, -0.1) is 10.2 Å². The molecule has 0 unspecified atom stereocenters. The molecule has 0 aliphatic rings. The minimum Gasteiger partial charge on any atom is -0.497 e. The van der Waals surface area contributed by atoms with Gasteiger partial charge in [0.2, 0.25) is 0 Å². The van der Waals surface area contributed by atoms with Crippen LogP contribution in [0.3, 0.4) is 0 Å². The molecule has 0 bridgehead atoms. The van der Waals surface area contributed by atoms with Gasteiger partial charge in [-0.05, 0) is 54.4 Å². The van der Waals surface area contributed by atoms with Gasteiger partial charge in [-0.2, -0.15) is 0 Å². The lowest BCUT2D eigenvalue weighted by Gasteiger charge is -2.13. The number of benzene rings is 3. The lowest BCUT2D eigenvalue weighted by molar-refractivity contribution is 0.394. The van der Waals surface area contributed by atoms with Crippen molar-refractivity contribution in [3.05, 3.63) is 83.7 Å². The van der Waals surface area contributed by atoms with Gasteiger partial charge in [-0.3, -0.25) is 4.57 Å². The van der Waals surface area contributed by atoms with E-state index in [0.717, 1.165) is 27.5 Å². The summed E-state index contributed by atoms with van der Waals surface area (Å²) in [5.41, 5.74) is 3.94. The zero-order chi connectivity index (χ0) is 21.8. The predicted octanol–water partition coefficient (Wildman–Crippen LogP) is 5.69. The highest BCUT2D eigenvalue weighted by molar-refractivity contribution is 7.98. The lowest BCUT2D eigenvalue weighted by Crippen LogP contribution is -2.01. The quantitative estimate of drug-likeness (QED) is 0.349. The Balaban J connectivity index is 1.78. The molecule has 4 aromatic rings. The molecule has 0 fully saturated rings. The third kappa shape index (κ3) is 4.72. The summed E-state index contributed by atoms with van der Waals surface area (Å²) < 4.78 is 26.1. The van der Waals surface area contributed by atoms with E-state index in [1.807, 2.05) is 47.9 Å². The SMILES string of the molecule is COc1cc(OC)cc(-c2nnc(SCc3ccc(F)cc3)n2-c2cccc(C)c2)c1. The second kappa shape index (κ2) is 9.22. The summed E-state index contributed by atoms with van der Waals surface area (Å²) in [5, 5.41) is 9.70. The first kappa shape index (κ1) is 20.9. The van der Waals surface area contributed by atoms with Crippen LogP contribution in [0.2, 0.25) is 0 Å². The van der Waals surface area contributed by atoms with E-state index in [1.54, 1.807) is 38.1 Å². The summed E-state index contributed by atoms with van der Waals surface area (Å²) in [6.45, 7) is 2.05. The molecule has 0 N–H and O–H groups in total. The van der Waals surface area contributed by atoms with E-state index in [1.165, 1.54) is 12.1 Å². The first-order chi connectivity index (χ1) is 15.1. The number of hydrogen-bond acceptors (Lipinski definition) is 5. The highest BCUT2D eigenvalue weighted by Crippen LogP contribution is 2.33. The lowest BCUT2D eigenvalue weighted by atomic mass is 10.1. The molecule has 158 valence electrons. The monoisotopic (exact) mass is 435 g/mol. The second-order valence-electron chi connectivity index (χ2n) is 7.00. The largest absolute Gasteiger partial charge is 0.497 e. The highest BCUT2D eigenvalue weighted by atomic mass is 32.2. The maximum absolute atomic E-state index is 13.2. The normalized spacial score (nSPS) is 10.8. The number of methoxy groups -OCH3 is 2. The van der Waals surface area contributed by atoms with E-state index in [9.17, 15) is 4.39 Å². The van der Waals surface area contributed by atoms with Gasteiger partial charge in [0.05, 0.1) is 14.2 Å². The molecule has 5 nitrogen and oxygen atoms in total. The molecule has 1 aromatic heterocycles. The molecule has 0 aliphatic heterocycles. The molecule has 1 heterocycles. The number of halogens is 1. The summed E-state index contributed by atoms with van der Waals surface area (Å²) in [6.07, 6.45) is 0. The van der Waals surface area contributed by atoms with Crippen LogP contribution in [0.1, 0.15) is 11.1 Å². The van der Waals surface area contributed by atoms with Gasteiger partial charge in [0.25, 0.3) is 0 Å². The van der Waals surface area contributed by atoms with Gasteiger partial charge in [0, 0.05) is 23.1 Å². The predicted molar refractivity (Wildman–Crippen MR) is 121 cm³/mol. The third-order valence-corrected chi connectivity index (χ3v) is 5.78. The molecule has 0 radical (unpaired) electrons. The first-order valence-electron chi connectivity index (χ1n) is 9.70. The Morgan fingerprint density at radius 2 is 1.61 bits per heavy atom. The van der Waals surface area contributed by atoms with Crippen LogP contribution in [0.25, 0.3) is 17.1 Å². The Hall–Kier alpha value is -3.32. The molecule has 0 amide bonds. The molecular weight excluding hydrogens is 413 g/mol. The minimum atomic E-state index is -0.245. The van der Waals surface area contributed by atoms with E-state index < -0.39 is 0 Å². The average Bonchev–Trinajstić information content (AvgIpc) is 3.22. The number of nitrogens with zero attached hydrogens (tertiary/aromatic N) is 3. The fourth-order valence-corrected chi connectivity index (χ4v) is 4.12. The summed E-state index contributed by atoms with van der Waals surface area (Å²) in [4.78, 5) is 0. The van der Waals surface area contributed by atoms with Crippen molar-refractivity contribution in [3.63, 3.8) is 0 Å². The minimum absolute atomic E-state index is 0.245. The molecule has 3 aromatic carbocycles. The van der Waals surface area contributed by atoms with Gasteiger partial charge in [0.15, 0.2) is 11.0 Å². The van der Waals surface area contributed by atoms with E-state index >= 15 is 0 Å². The number of aryl methyl sites for hydroxylation is 1. The van der Waals surface area contributed by atoms with Gasteiger partial charge < -0.3 is 9.47 Å². The molecule has 7 heteroatoms. The number of ether oxygens (including phenoxy) is 2. The van der Waals surface area contributed by atoms with Crippen LogP contribution >= 0.6 is 11.8 Å². The molecule has 0 saturated heterocycles. The zero-order valence-electron chi connectivity index (χ0n) is 17.5. The molecule has 31 heavy (non-hydrogen) atoms. The average molecular weight is 436 g/mol. The Labute approximate surface area is 184 Å². The van der Waals surface area contributed by atoms with E-state index in [2.05, 4.69) is 16.3 Å². The van der Waals surface area contributed by atoms with Crippen molar-refractivity contribution < 1.29 is 13.9 Å². The van der Waals surface area contributed by atoms with Crippen molar-refractivity contribution in [3.8, 4) is 28.6 Å². The van der Waals surface area contributed by atoms with Crippen LogP contribution in [-0.4, -0.2) is 29.0 Å². The van der Waals surface area contributed by atoms with Crippen molar-refractivity contribution in [2.75, 3.05) is 14.2 Å². The Morgan fingerprint density at radius 3 is 2.26 bits per heavy atom. The standard InChI is InChI=1S/C24H22FN3O2S/c1-16-5-4-6-20(11-16)28-23(18-12-21(29-2)14-22(13-18)30-3)26-27-24(28)31-15-17-7-9-19(25)10-8-17/h4-14H,15H2,1-3H3. The van der Waals surface area contributed by atoms with Crippen molar-refractivity contribution >= 4 is 11.8 Å². The van der Waals surface area contributed by atoms with Crippen LogP contribution in [0.4, 0.5) is 4.39 Å². The summed E-state index contributed by atoms with van der Waals surface area (Å²) in [5.74, 6) is 2.43. The molecule has 4 rings (SSSR count). The Morgan fingerprint density at radius 1 is 0.903 bits per heavy atom. The number of aromatic nitrogens is 3. The second-order valence-corrected chi connectivity index (χ2v) is 7.94. The van der Waals surface area contributed by atoms with Crippen LogP contribution in [-0.2, 0) is 5.75 Å². The Kier molecular flexibility index (Phi) is 6.23. The van der Waals surface area contributed by atoms with E-state index in [4.69, 9.17) is 9.47 Å².